The predicted molar refractivity (Wildman–Crippen MR) is 153 cm³/mol. The highest BCUT2D eigenvalue weighted by Gasteiger charge is 2.35. The summed E-state index contributed by atoms with van der Waals surface area (Å²) >= 11 is 2.85. The van der Waals surface area contributed by atoms with Crippen LogP contribution in [0.4, 0.5) is 0 Å². The van der Waals surface area contributed by atoms with Crippen molar-refractivity contribution in [2.24, 2.45) is 12.0 Å². The Hall–Kier alpha value is -4.01. The minimum atomic E-state index is -0.628. The van der Waals surface area contributed by atoms with Gasteiger partial charge in [-0.2, -0.15) is 0 Å². The first-order valence-corrected chi connectivity index (χ1v) is 14.0. The molecule has 8 heteroatoms. The summed E-state index contributed by atoms with van der Waals surface area (Å²) in [6.07, 6.45) is 1.96. The summed E-state index contributed by atoms with van der Waals surface area (Å²) < 4.78 is 9.87. The number of esters is 1. The Bertz CT molecular complexity index is 1890. The van der Waals surface area contributed by atoms with E-state index < -0.39 is 12.0 Å². The van der Waals surface area contributed by atoms with E-state index in [2.05, 4.69) is 23.6 Å². The van der Waals surface area contributed by atoms with E-state index in [9.17, 15) is 9.59 Å². The zero-order valence-corrected chi connectivity index (χ0v) is 22.8. The number of carbonyl (C=O) groups excluding carboxylic acids is 1. The molecule has 6 rings (SSSR count). The van der Waals surface area contributed by atoms with Gasteiger partial charge in [-0.05, 0) is 37.4 Å². The predicted octanol–water partition coefficient (Wildman–Crippen LogP) is 4.80. The van der Waals surface area contributed by atoms with E-state index in [1.165, 1.54) is 22.7 Å². The molecule has 0 amide bonds. The lowest BCUT2D eigenvalue weighted by molar-refractivity contribution is -0.138. The molecular weight excluding hydrogens is 514 g/mol. The topological polar surface area (TPSA) is 65.6 Å². The number of thiophene rings is 1. The number of fused-ring (bicyclic) bond motifs is 2. The Morgan fingerprint density at radius 3 is 2.58 bits per heavy atom. The largest absolute Gasteiger partial charge is 0.463 e. The van der Waals surface area contributed by atoms with Crippen molar-refractivity contribution in [3.05, 3.63) is 119 Å². The van der Waals surface area contributed by atoms with Crippen LogP contribution in [0.15, 0.2) is 87.5 Å². The molecule has 1 aliphatic heterocycles. The second-order valence-corrected chi connectivity index (χ2v) is 11.0. The van der Waals surface area contributed by atoms with Crippen LogP contribution in [0, 0.1) is 6.92 Å². The number of aromatic nitrogens is 2. The van der Waals surface area contributed by atoms with Gasteiger partial charge in [-0.25, -0.2) is 9.79 Å². The zero-order valence-electron chi connectivity index (χ0n) is 21.2. The van der Waals surface area contributed by atoms with Crippen LogP contribution in [-0.4, -0.2) is 21.7 Å². The maximum absolute atomic E-state index is 14.1. The number of carbonyl (C=O) groups is 1. The SMILES string of the molecule is CCOC(=O)C1=C(c2ccccc2)N=c2s/c(=C\c3c(C)n(C)c4ccccc34)c(=O)n2C1c1cccs1. The second-order valence-electron chi connectivity index (χ2n) is 9.02. The molecule has 38 heavy (non-hydrogen) atoms. The lowest BCUT2D eigenvalue weighted by Crippen LogP contribution is -2.39. The number of benzene rings is 2. The van der Waals surface area contributed by atoms with Gasteiger partial charge < -0.3 is 9.30 Å². The summed E-state index contributed by atoms with van der Waals surface area (Å²) in [5.41, 5.74) is 4.74. The van der Waals surface area contributed by atoms with Crippen molar-refractivity contribution in [1.29, 1.82) is 0 Å². The molecule has 0 bridgehead atoms. The van der Waals surface area contributed by atoms with Crippen LogP contribution in [0.25, 0.3) is 22.7 Å². The molecule has 4 heterocycles. The fourth-order valence-electron chi connectivity index (χ4n) is 5.02. The summed E-state index contributed by atoms with van der Waals surface area (Å²) in [4.78, 5) is 33.8. The highest BCUT2D eigenvalue weighted by atomic mass is 32.1. The summed E-state index contributed by atoms with van der Waals surface area (Å²) in [6, 6.07) is 21.0. The molecule has 0 radical (unpaired) electrons. The van der Waals surface area contributed by atoms with Crippen molar-refractivity contribution >= 4 is 51.3 Å². The van der Waals surface area contributed by atoms with Crippen LogP contribution >= 0.6 is 22.7 Å². The van der Waals surface area contributed by atoms with Gasteiger partial charge >= 0.3 is 5.97 Å². The number of thiazole rings is 1. The van der Waals surface area contributed by atoms with Gasteiger partial charge in [0.15, 0.2) is 4.80 Å². The molecule has 190 valence electrons. The zero-order chi connectivity index (χ0) is 26.4. The van der Waals surface area contributed by atoms with E-state index in [0.717, 1.165) is 32.6 Å². The maximum atomic E-state index is 14.1. The van der Waals surface area contributed by atoms with E-state index in [1.807, 2.05) is 73.1 Å². The Morgan fingerprint density at radius 2 is 1.84 bits per heavy atom. The highest BCUT2D eigenvalue weighted by molar-refractivity contribution is 7.10. The van der Waals surface area contributed by atoms with Gasteiger partial charge in [0.2, 0.25) is 0 Å². The molecule has 2 aromatic carbocycles. The summed E-state index contributed by atoms with van der Waals surface area (Å²) in [5, 5.41) is 3.04. The first-order chi connectivity index (χ1) is 18.5. The average Bonchev–Trinajstić information content (AvgIpc) is 3.64. The van der Waals surface area contributed by atoms with E-state index >= 15 is 0 Å². The third-order valence-corrected chi connectivity index (χ3v) is 8.82. The van der Waals surface area contributed by atoms with Gasteiger partial charge in [0.1, 0.15) is 6.04 Å². The number of hydrogen-bond acceptors (Lipinski definition) is 6. The smallest absolute Gasteiger partial charge is 0.338 e. The van der Waals surface area contributed by atoms with Crippen molar-refractivity contribution in [2.75, 3.05) is 6.61 Å². The Morgan fingerprint density at radius 1 is 1.08 bits per heavy atom. The van der Waals surface area contributed by atoms with Gasteiger partial charge in [0.05, 0.1) is 22.4 Å². The molecule has 3 aromatic heterocycles. The average molecular weight is 540 g/mol. The van der Waals surface area contributed by atoms with Gasteiger partial charge in [-0.15, -0.1) is 11.3 Å². The van der Waals surface area contributed by atoms with Crippen LogP contribution in [0.2, 0.25) is 0 Å². The monoisotopic (exact) mass is 539 g/mol. The first kappa shape index (κ1) is 24.3. The molecule has 0 fully saturated rings. The van der Waals surface area contributed by atoms with Crippen LogP contribution in [0.1, 0.15) is 34.7 Å². The summed E-state index contributed by atoms with van der Waals surface area (Å²) in [7, 11) is 2.03. The van der Waals surface area contributed by atoms with Crippen LogP contribution in [0.3, 0.4) is 0 Å². The maximum Gasteiger partial charge on any atom is 0.338 e. The van der Waals surface area contributed by atoms with Gasteiger partial charge in [0.25, 0.3) is 5.56 Å². The Kier molecular flexibility index (Phi) is 6.21. The highest BCUT2D eigenvalue weighted by Crippen LogP contribution is 2.37. The van der Waals surface area contributed by atoms with Crippen molar-refractivity contribution in [1.82, 2.24) is 9.13 Å². The summed E-state index contributed by atoms with van der Waals surface area (Å²) in [5.74, 6) is -0.465. The van der Waals surface area contributed by atoms with Crippen LogP contribution in [-0.2, 0) is 16.6 Å². The molecule has 1 unspecified atom stereocenters. The molecule has 0 N–H and O–H groups in total. The van der Waals surface area contributed by atoms with E-state index in [4.69, 9.17) is 9.73 Å². The molecule has 5 aromatic rings. The lowest BCUT2D eigenvalue weighted by Gasteiger charge is -2.24. The number of rotatable bonds is 5. The fourth-order valence-corrected chi connectivity index (χ4v) is 6.83. The van der Waals surface area contributed by atoms with Gasteiger partial charge in [0, 0.05) is 39.6 Å². The molecular formula is C30H25N3O3S2. The van der Waals surface area contributed by atoms with Gasteiger partial charge in [-0.1, -0.05) is 65.9 Å². The van der Waals surface area contributed by atoms with E-state index in [-0.39, 0.29) is 12.2 Å². The number of para-hydroxylation sites is 1. The number of hydrogen-bond donors (Lipinski definition) is 0. The lowest BCUT2D eigenvalue weighted by atomic mass is 9.97. The number of aryl methyl sites for hydroxylation is 1. The van der Waals surface area contributed by atoms with Crippen LogP contribution in [0.5, 0.6) is 0 Å². The molecule has 6 nitrogen and oxygen atoms in total. The quantitative estimate of drug-likeness (QED) is 0.302. The third-order valence-electron chi connectivity index (χ3n) is 6.91. The first-order valence-electron chi connectivity index (χ1n) is 12.4. The Balaban J connectivity index is 1.66. The van der Waals surface area contributed by atoms with E-state index in [0.29, 0.717) is 20.6 Å². The van der Waals surface area contributed by atoms with Crippen LogP contribution < -0.4 is 14.9 Å². The molecule has 0 spiro atoms. The Labute approximate surface area is 227 Å². The molecule has 0 saturated heterocycles. The normalized spacial score (nSPS) is 15.6. The van der Waals surface area contributed by atoms with Gasteiger partial charge in [-0.3, -0.25) is 9.36 Å². The minimum absolute atomic E-state index is 0.173. The molecule has 0 aliphatic carbocycles. The van der Waals surface area contributed by atoms with E-state index in [1.54, 1.807) is 11.5 Å². The molecule has 0 saturated carbocycles. The summed E-state index contributed by atoms with van der Waals surface area (Å²) in [6.45, 7) is 4.07. The number of ether oxygens (including phenoxy) is 1. The fraction of sp³-hybridized carbons (Fsp3) is 0.167. The van der Waals surface area contributed by atoms with Crippen molar-refractivity contribution in [2.45, 2.75) is 19.9 Å². The molecule has 1 aliphatic rings. The van der Waals surface area contributed by atoms with Crippen molar-refractivity contribution in [3.8, 4) is 0 Å². The molecule has 1 atom stereocenters. The van der Waals surface area contributed by atoms with Crippen molar-refractivity contribution in [3.63, 3.8) is 0 Å². The van der Waals surface area contributed by atoms with Crippen molar-refractivity contribution < 1.29 is 9.53 Å². The third kappa shape index (κ3) is 3.88. The minimum Gasteiger partial charge on any atom is -0.463 e. The number of nitrogens with zero attached hydrogens (tertiary/aromatic N) is 3. The second kappa shape index (κ2) is 9.70. The standard InChI is InChI=1S/C30H25N3O3S2/c1-4-36-29(35)25-26(19-11-6-5-7-12-19)31-30-33(27(25)23-15-10-16-37-23)28(34)24(38-30)17-21-18(2)32(3)22-14-9-8-13-20(21)22/h5-17,27H,4H2,1-3H3/b24-17-.